The smallest absolute Gasteiger partial charge is 0.294 e. The molecule has 0 spiro atoms. The Morgan fingerprint density at radius 3 is 2.06 bits per heavy atom. The Hall–Kier alpha value is -1.29. The molecule has 0 amide bonds. The van der Waals surface area contributed by atoms with Gasteiger partial charge >= 0.3 is 6.18 Å². The fourth-order valence-electron chi connectivity index (χ4n) is 1.23. The average Bonchev–Trinajstić information content (AvgIpc) is 2.17. The van der Waals surface area contributed by atoms with Crippen LogP contribution in [-0.2, 0) is 4.79 Å². The van der Waals surface area contributed by atoms with Crippen LogP contribution in [0.5, 0.6) is 0 Å². The summed E-state index contributed by atoms with van der Waals surface area (Å²) in [4.78, 5) is 11.2. The molecule has 0 bridgehead atoms. The summed E-state index contributed by atoms with van der Waals surface area (Å²) in [5.41, 5.74) is -0.341. The number of rotatable bonds is 2. The monoisotopic (exact) mass is 248 g/mol. The Labute approximate surface area is 95.5 Å². The summed E-state index contributed by atoms with van der Waals surface area (Å²) in [6, 6.07) is 7.54. The number of carbonyl (C=O) groups is 1. The molecule has 0 aliphatic rings. The molecule has 1 nitrogen and oxygen atoms in total. The molecule has 86 valence electrons. The molecular formula is C11H8ClF3O. The van der Waals surface area contributed by atoms with Crippen LogP contribution in [0, 0.1) is 0 Å². The summed E-state index contributed by atoms with van der Waals surface area (Å²) >= 11 is 5.19. The van der Waals surface area contributed by atoms with Gasteiger partial charge in [0.1, 0.15) is 5.03 Å². The SMILES string of the molecule is CC(=O)C(=C(Cl)C(F)(F)F)c1ccccc1. The zero-order valence-corrected chi connectivity index (χ0v) is 9.06. The van der Waals surface area contributed by atoms with Crippen molar-refractivity contribution in [1.29, 1.82) is 0 Å². The molecule has 0 radical (unpaired) electrons. The van der Waals surface area contributed by atoms with Crippen molar-refractivity contribution in [3.05, 3.63) is 40.9 Å². The lowest BCUT2D eigenvalue weighted by atomic mass is 10.0. The van der Waals surface area contributed by atoms with E-state index in [0.29, 0.717) is 0 Å². The van der Waals surface area contributed by atoms with Crippen LogP contribution in [0.2, 0.25) is 0 Å². The van der Waals surface area contributed by atoms with Gasteiger partial charge in [-0.3, -0.25) is 4.79 Å². The van der Waals surface area contributed by atoms with E-state index in [4.69, 9.17) is 11.6 Å². The molecule has 0 aliphatic carbocycles. The van der Waals surface area contributed by atoms with Crippen LogP contribution in [0.4, 0.5) is 13.2 Å². The van der Waals surface area contributed by atoms with Gasteiger partial charge in [0.05, 0.1) is 0 Å². The molecule has 0 N–H and O–H groups in total. The van der Waals surface area contributed by atoms with E-state index >= 15 is 0 Å². The van der Waals surface area contributed by atoms with Crippen LogP contribution in [0.3, 0.4) is 0 Å². The summed E-state index contributed by atoms with van der Waals surface area (Å²) in [6.45, 7) is 1.05. The molecule has 0 saturated heterocycles. The minimum atomic E-state index is -4.71. The predicted molar refractivity (Wildman–Crippen MR) is 56.0 cm³/mol. The highest BCUT2D eigenvalue weighted by atomic mass is 35.5. The van der Waals surface area contributed by atoms with Crippen molar-refractivity contribution in [3.63, 3.8) is 0 Å². The van der Waals surface area contributed by atoms with Crippen molar-refractivity contribution in [3.8, 4) is 0 Å². The first kappa shape index (κ1) is 12.8. The van der Waals surface area contributed by atoms with E-state index in [1.54, 1.807) is 18.2 Å². The molecule has 0 fully saturated rings. The number of benzene rings is 1. The normalized spacial score (nSPS) is 13.3. The molecule has 16 heavy (non-hydrogen) atoms. The van der Waals surface area contributed by atoms with E-state index in [1.807, 2.05) is 0 Å². The van der Waals surface area contributed by atoms with Crippen molar-refractivity contribution < 1.29 is 18.0 Å². The zero-order chi connectivity index (χ0) is 12.3. The van der Waals surface area contributed by atoms with E-state index in [2.05, 4.69) is 0 Å². The highest BCUT2D eigenvalue weighted by molar-refractivity contribution is 6.39. The summed E-state index contributed by atoms with van der Waals surface area (Å²) in [5, 5.41) is -1.38. The highest BCUT2D eigenvalue weighted by Crippen LogP contribution is 2.35. The predicted octanol–water partition coefficient (Wildman–Crippen LogP) is 3.79. The van der Waals surface area contributed by atoms with Gasteiger partial charge in [-0.2, -0.15) is 13.2 Å². The van der Waals surface area contributed by atoms with Crippen molar-refractivity contribution in [2.45, 2.75) is 13.1 Å². The zero-order valence-electron chi connectivity index (χ0n) is 8.31. The first-order chi connectivity index (χ1) is 7.34. The molecule has 0 atom stereocenters. The van der Waals surface area contributed by atoms with Crippen molar-refractivity contribution in [2.75, 3.05) is 0 Å². The van der Waals surface area contributed by atoms with E-state index in [1.165, 1.54) is 12.1 Å². The average molecular weight is 249 g/mol. The van der Waals surface area contributed by atoms with Gasteiger partial charge in [0.2, 0.25) is 0 Å². The number of allylic oxidation sites excluding steroid dienone is 2. The number of halogens is 4. The van der Waals surface area contributed by atoms with Gasteiger partial charge in [-0.05, 0) is 12.5 Å². The van der Waals surface area contributed by atoms with Crippen LogP contribution in [0.25, 0.3) is 5.57 Å². The largest absolute Gasteiger partial charge is 0.427 e. The molecular weight excluding hydrogens is 241 g/mol. The van der Waals surface area contributed by atoms with Gasteiger partial charge in [-0.25, -0.2) is 0 Å². The molecule has 1 rings (SSSR count). The molecule has 0 saturated carbocycles. The quantitative estimate of drug-likeness (QED) is 0.728. The third-order valence-corrected chi connectivity index (χ3v) is 2.29. The molecule has 1 aromatic carbocycles. The fraction of sp³-hybridized carbons (Fsp3) is 0.182. The second kappa shape index (κ2) is 4.70. The lowest BCUT2D eigenvalue weighted by Gasteiger charge is -2.10. The first-order valence-corrected chi connectivity index (χ1v) is 4.75. The van der Waals surface area contributed by atoms with Crippen LogP contribution in [-0.4, -0.2) is 12.0 Å². The number of carbonyl (C=O) groups excluding carboxylic acids is 1. The van der Waals surface area contributed by atoms with Gasteiger partial charge in [-0.15, -0.1) is 0 Å². The third-order valence-electron chi connectivity index (χ3n) is 1.88. The Balaban J connectivity index is 3.37. The van der Waals surface area contributed by atoms with Crippen LogP contribution in [0.1, 0.15) is 12.5 Å². The number of Topliss-reactive ketones (excluding diaryl/α,β-unsaturated/α-hetero) is 1. The number of hydrogen-bond acceptors (Lipinski definition) is 1. The first-order valence-electron chi connectivity index (χ1n) is 4.37. The summed E-state index contributed by atoms with van der Waals surface area (Å²) in [7, 11) is 0. The molecule has 0 aliphatic heterocycles. The van der Waals surface area contributed by atoms with Crippen molar-refractivity contribution >= 4 is 23.0 Å². The van der Waals surface area contributed by atoms with Crippen LogP contribution < -0.4 is 0 Å². The van der Waals surface area contributed by atoms with Crippen LogP contribution in [0.15, 0.2) is 35.4 Å². The Bertz CT molecular complexity index is 421. The Morgan fingerprint density at radius 2 is 1.69 bits per heavy atom. The summed E-state index contributed by atoms with van der Waals surface area (Å²) in [5.74, 6) is -0.714. The second-order valence-corrected chi connectivity index (χ2v) is 3.49. The lowest BCUT2D eigenvalue weighted by Crippen LogP contribution is -2.12. The van der Waals surface area contributed by atoms with E-state index < -0.39 is 22.6 Å². The van der Waals surface area contributed by atoms with E-state index in [9.17, 15) is 18.0 Å². The topological polar surface area (TPSA) is 17.1 Å². The summed E-state index contributed by atoms with van der Waals surface area (Å²) < 4.78 is 37.2. The van der Waals surface area contributed by atoms with Crippen LogP contribution >= 0.6 is 11.6 Å². The molecule has 0 heterocycles. The Morgan fingerprint density at radius 1 is 1.19 bits per heavy atom. The molecule has 0 aromatic heterocycles. The van der Waals surface area contributed by atoms with E-state index in [0.717, 1.165) is 6.92 Å². The number of hydrogen-bond donors (Lipinski definition) is 0. The molecule has 0 unspecified atom stereocenters. The van der Waals surface area contributed by atoms with Gasteiger partial charge in [0.25, 0.3) is 0 Å². The van der Waals surface area contributed by atoms with Crippen molar-refractivity contribution in [1.82, 2.24) is 0 Å². The lowest BCUT2D eigenvalue weighted by molar-refractivity contribution is -0.112. The number of alkyl halides is 3. The van der Waals surface area contributed by atoms with Gasteiger partial charge in [-0.1, -0.05) is 41.9 Å². The number of ketones is 1. The van der Waals surface area contributed by atoms with Gasteiger partial charge in [0, 0.05) is 5.57 Å². The fourth-order valence-corrected chi connectivity index (χ4v) is 1.47. The third kappa shape index (κ3) is 2.85. The molecule has 5 heteroatoms. The standard InChI is InChI=1S/C11H8ClF3O/c1-7(16)9(10(12)11(13,14)15)8-5-3-2-4-6-8/h2-6H,1H3. The maximum Gasteiger partial charge on any atom is 0.427 e. The maximum absolute atomic E-state index is 12.4. The van der Waals surface area contributed by atoms with E-state index in [-0.39, 0.29) is 5.56 Å². The van der Waals surface area contributed by atoms with Gasteiger partial charge < -0.3 is 0 Å². The minimum absolute atomic E-state index is 0.164. The van der Waals surface area contributed by atoms with Gasteiger partial charge in [0.15, 0.2) is 5.78 Å². The second-order valence-electron chi connectivity index (χ2n) is 3.11. The van der Waals surface area contributed by atoms with Crippen molar-refractivity contribution in [2.24, 2.45) is 0 Å². The summed E-state index contributed by atoms with van der Waals surface area (Å²) in [6.07, 6.45) is -4.71. The molecule has 1 aromatic rings. The Kier molecular flexibility index (Phi) is 3.75. The minimum Gasteiger partial charge on any atom is -0.294 e. The highest BCUT2D eigenvalue weighted by Gasteiger charge is 2.36. The maximum atomic E-state index is 12.4.